The first-order valence-electron chi connectivity index (χ1n) is 4.37. The van der Waals surface area contributed by atoms with E-state index in [1.54, 1.807) is 28.9 Å². The van der Waals surface area contributed by atoms with Gasteiger partial charge in [-0.1, -0.05) is 0 Å². The average molecular weight is 233 g/mol. The number of hydrogen-bond donors (Lipinski definition) is 1. The summed E-state index contributed by atoms with van der Waals surface area (Å²) >= 11 is 3.17. The fourth-order valence-electron chi connectivity index (χ4n) is 1.42. The van der Waals surface area contributed by atoms with E-state index in [9.17, 15) is 0 Å². The summed E-state index contributed by atoms with van der Waals surface area (Å²) in [5.74, 6) is 0. The van der Waals surface area contributed by atoms with Gasteiger partial charge in [-0.15, -0.1) is 22.7 Å². The van der Waals surface area contributed by atoms with Crippen molar-refractivity contribution in [2.45, 2.75) is 0 Å². The monoisotopic (exact) mass is 233 g/mol. The first-order chi connectivity index (χ1) is 7.34. The second-order valence-electron chi connectivity index (χ2n) is 3.11. The van der Waals surface area contributed by atoms with E-state index in [4.69, 9.17) is 5.73 Å². The lowest BCUT2D eigenvalue weighted by Crippen LogP contribution is -1.83. The molecule has 0 amide bonds. The van der Waals surface area contributed by atoms with Crippen LogP contribution < -0.4 is 5.73 Å². The molecule has 0 aromatic carbocycles. The van der Waals surface area contributed by atoms with Crippen molar-refractivity contribution >= 4 is 38.6 Å². The molecule has 0 aliphatic carbocycles. The molecule has 3 aromatic heterocycles. The quantitative estimate of drug-likeness (QED) is 0.703. The van der Waals surface area contributed by atoms with Crippen molar-refractivity contribution < 1.29 is 0 Å². The van der Waals surface area contributed by atoms with Crippen molar-refractivity contribution in [3.05, 3.63) is 29.2 Å². The lowest BCUT2D eigenvalue weighted by molar-refractivity contribution is 1.38. The van der Waals surface area contributed by atoms with E-state index in [-0.39, 0.29) is 0 Å². The Balaban J connectivity index is 2.25. The van der Waals surface area contributed by atoms with Crippen molar-refractivity contribution in [1.82, 2.24) is 9.97 Å². The molecule has 0 unspecified atom stereocenters. The van der Waals surface area contributed by atoms with Gasteiger partial charge in [0.2, 0.25) is 0 Å². The number of hydrogen-bond acceptors (Lipinski definition) is 5. The van der Waals surface area contributed by atoms with Crippen LogP contribution in [0.4, 0.5) is 5.69 Å². The van der Waals surface area contributed by atoms with E-state index in [1.807, 2.05) is 23.0 Å². The Kier molecular flexibility index (Phi) is 1.93. The van der Waals surface area contributed by atoms with Crippen molar-refractivity contribution in [1.29, 1.82) is 0 Å². The summed E-state index contributed by atoms with van der Waals surface area (Å²) in [5, 5.41) is 5.88. The highest BCUT2D eigenvalue weighted by molar-refractivity contribution is 7.17. The van der Waals surface area contributed by atoms with Gasteiger partial charge in [0.15, 0.2) is 0 Å². The number of fused-ring (bicyclic) bond motifs is 1. The summed E-state index contributed by atoms with van der Waals surface area (Å²) in [4.78, 5) is 9.59. The molecule has 0 spiro atoms. The van der Waals surface area contributed by atoms with Gasteiger partial charge < -0.3 is 5.73 Å². The number of thiazole rings is 1. The molecule has 2 N–H and O–H groups in total. The van der Waals surface area contributed by atoms with Gasteiger partial charge in [-0.25, -0.2) is 9.97 Å². The fourth-order valence-corrected chi connectivity index (χ4v) is 2.82. The molecule has 0 aliphatic rings. The van der Waals surface area contributed by atoms with Crippen LogP contribution in [-0.2, 0) is 0 Å². The summed E-state index contributed by atoms with van der Waals surface area (Å²) in [6.45, 7) is 0. The molecule has 0 aliphatic heterocycles. The summed E-state index contributed by atoms with van der Waals surface area (Å²) in [7, 11) is 0. The lowest BCUT2D eigenvalue weighted by atomic mass is 10.2. The fraction of sp³-hybridized carbons (Fsp3) is 0. The largest absolute Gasteiger partial charge is 0.398 e. The van der Waals surface area contributed by atoms with Crippen molar-refractivity contribution in [2.75, 3.05) is 5.73 Å². The van der Waals surface area contributed by atoms with Crippen LogP contribution in [0.2, 0.25) is 0 Å². The van der Waals surface area contributed by atoms with Crippen LogP contribution in [-0.4, -0.2) is 9.97 Å². The van der Waals surface area contributed by atoms with E-state index in [0.717, 1.165) is 26.5 Å². The summed E-state index contributed by atoms with van der Waals surface area (Å²) in [6, 6.07) is 2.05. The normalized spacial score (nSPS) is 10.9. The minimum atomic E-state index is 0.793. The molecule has 0 saturated carbocycles. The molecule has 3 rings (SSSR count). The zero-order chi connectivity index (χ0) is 10.3. The van der Waals surface area contributed by atoms with E-state index in [0.29, 0.717) is 0 Å². The Hall–Kier alpha value is -1.46. The first kappa shape index (κ1) is 8.82. The third-order valence-electron chi connectivity index (χ3n) is 2.14. The van der Waals surface area contributed by atoms with Gasteiger partial charge in [-0.3, -0.25) is 0 Å². The number of nitrogens with two attached hydrogens (primary N) is 1. The van der Waals surface area contributed by atoms with Crippen LogP contribution >= 0.6 is 22.7 Å². The molecular formula is C10H7N3S2. The van der Waals surface area contributed by atoms with E-state index >= 15 is 0 Å². The Morgan fingerprint density at radius 2 is 2.13 bits per heavy atom. The van der Waals surface area contributed by atoms with Crippen molar-refractivity contribution in [3.8, 4) is 10.6 Å². The van der Waals surface area contributed by atoms with Crippen molar-refractivity contribution in [2.24, 2.45) is 0 Å². The predicted molar refractivity (Wildman–Crippen MR) is 65.1 cm³/mol. The second-order valence-corrected chi connectivity index (χ2v) is 4.86. The number of pyridine rings is 1. The van der Waals surface area contributed by atoms with Gasteiger partial charge in [0.05, 0.1) is 5.69 Å². The number of anilines is 1. The zero-order valence-electron chi connectivity index (χ0n) is 7.68. The van der Waals surface area contributed by atoms with E-state index in [2.05, 4.69) is 9.97 Å². The minimum Gasteiger partial charge on any atom is -0.398 e. The summed E-state index contributed by atoms with van der Waals surface area (Å²) in [5.41, 5.74) is 7.67. The van der Waals surface area contributed by atoms with Gasteiger partial charge >= 0.3 is 0 Å². The van der Waals surface area contributed by atoms with Gasteiger partial charge in [0.25, 0.3) is 0 Å². The SMILES string of the molecule is Nc1csc2ncc(-c3nccs3)cc12. The third kappa shape index (κ3) is 1.40. The third-order valence-corrected chi connectivity index (χ3v) is 3.88. The lowest BCUT2D eigenvalue weighted by Gasteiger charge is -1.96. The molecular weight excluding hydrogens is 226 g/mol. The molecule has 74 valence electrons. The van der Waals surface area contributed by atoms with Gasteiger partial charge in [-0.2, -0.15) is 0 Å². The number of aromatic nitrogens is 2. The van der Waals surface area contributed by atoms with Crippen LogP contribution in [0.25, 0.3) is 20.8 Å². The highest BCUT2D eigenvalue weighted by Gasteiger charge is 2.06. The second kappa shape index (κ2) is 3.29. The molecule has 3 heterocycles. The van der Waals surface area contributed by atoms with Crippen LogP contribution in [0.5, 0.6) is 0 Å². The molecule has 0 atom stereocenters. The molecule has 0 fully saturated rings. The molecule has 3 aromatic rings. The molecule has 3 nitrogen and oxygen atoms in total. The van der Waals surface area contributed by atoms with Gasteiger partial charge in [-0.05, 0) is 6.07 Å². The Bertz CT molecular complexity index is 598. The average Bonchev–Trinajstić information content (AvgIpc) is 2.88. The van der Waals surface area contributed by atoms with Gasteiger partial charge in [0.1, 0.15) is 9.84 Å². The van der Waals surface area contributed by atoms with E-state index in [1.165, 1.54) is 0 Å². The highest BCUT2D eigenvalue weighted by Crippen LogP contribution is 2.30. The Labute approximate surface area is 94.2 Å². The highest BCUT2D eigenvalue weighted by atomic mass is 32.1. The molecule has 5 heteroatoms. The molecule has 0 bridgehead atoms. The standard InChI is InChI=1S/C10H7N3S2/c11-8-5-15-10-7(8)3-6(4-13-10)9-12-1-2-14-9/h1-5H,11H2. The van der Waals surface area contributed by atoms with Crippen LogP contribution in [0.1, 0.15) is 0 Å². The van der Waals surface area contributed by atoms with E-state index < -0.39 is 0 Å². The summed E-state index contributed by atoms with van der Waals surface area (Å²) < 4.78 is 0. The Morgan fingerprint density at radius 1 is 1.20 bits per heavy atom. The first-order valence-corrected chi connectivity index (χ1v) is 6.13. The van der Waals surface area contributed by atoms with Crippen LogP contribution in [0.15, 0.2) is 29.2 Å². The zero-order valence-corrected chi connectivity index (χ0v) is 9.31. The molecule has 15 heavy (non-hydrogen) atoms. The van der Waals surface area contributed by atoms with Crippen LogP contribution in [0, 0.1) is 0 Å². The number of nitrogen functional groups attached to an aromatic ring is 1. The topological polar surface area (TPSA) is 51.8 Å². The number of nitrogens with zero attached hydrogens (tertiary/aromatic N) is 2. The number of thiophene rings is 1. The van der Waals surface area contributed by atoms with Crippen molar-refractivity contribution in [3.63, 3.8) is 0 Å². The smallest absolute Gasteiger partial charge is 0.125 e. The molecule has 0 saturated heterocycles. The maximum atomic E-state index is 5.85. The maximum absolute atomic E-state index is 5.85. The molecule has 0 radical (unpaired) electrons. The maximum Gasteiger partial charge on any atom is 0.125 e. The Morgan fingerprint density at radius 3 is 2.93 bits per heavy atom. The summed E-state index contributed by atoms with van der Waals surface area (Å²) in [6.07, 6.45) is 3.64. The number of rotatable bonds is 1. The van der Waals surface area contributed by atoms with Crippen LogP contribution in [0.3, 0.4) is 0 Å². The minimum absolute atomic E-state index is 0.793. The van der Waals surface area contributed by atoms with Gasteiger partial charge in [0, 0.05) is 34.1 Å². The predicted octanol–water partition coefficient (Wildman–Crippen LogP) is 3.00.